The second-order valence-corrected chi connectivity index (χ2v) is 5.43. The van der Waals surface area contributed by atoms with Crippen LogP contribution in [0.25, 0.3) is 0 Å². The number of nitrogens with two attached hydrogens (primary N) is 1. The molecule has 5 nitrogen and oxygen atoms in total. The molecule has 1 amide bonds. The van der Waals surface area contributed by atoms with Crippen LogP contribution >= 0.6 is 11.8 Å². The molecule has 1 heterocycles. The highest BCUT2D eigenvalue weighted by atomic mass is 32.2. The number of aliphatic carboxylic acids is 1. The van der Waals surface area contributed by atoms with Gasteiger partial charge in [0, 0.05) is 18.2 Å². The van der Waals surface area contributed by atoms with E-state index in [0.717, 1.165) is 12.8 Å². The molecule has 1 saturated heterocycles. The molecule has 1 aliphatic rings. The van der Waals surface area contributed by atoms with Gasteiger partial charge in [-0.3, -0.25) is 4.79 Å². The van der Waals surface area contributed by atoms with E-state index in [4.69, 9.17) is 10.8 Å². The van der Waals surface area contributed by atoms with Crippen LogP contribution in [0.15, 0.2) is 0 Å². The first-order valence-electron chi connectivity index (χ1n) is 5.92. The number of thioether (sulfide) groups is 1. The first-order valence-corrected chi connectivity index (χ1v) is 6.97. The minimum Gasteiger partial charge on any atom is -0.480 e. The Morgan fingerprint density at radius 2 is 2.18 bits per heavy atom. The Morgan fingerprint density at radius 1 is 1.53 bits per heavy atom. The first kappa shape index (κ1) is 14.3. The van der Waals surface area contributed by atoms with E-state index >= 15 is 0 Å². The van der Waals surface area contributed by atoms with Crippen molar-refractivity contribution in [1.29, 1.82) is 0 Å². The van der Waals surface area contributed by atoms with Crippen molar-refractivity contribution in [2.75, 3.05) is 5.75 Å². The number of amides is 1. The van der Waals surface area contributed by atoms with Gasteiger partial charge in [0.25, 0.3) is 0 Å². The van der Waals surface area contributed by atoms with Gasteiger partial charge in [-0.25, -0.2) is 4.79 Å². The lowest BCUT2D eigenvalue weighted by atomic mass is 10.1. The summed E-state index contributed by atoms with van der Waals surface area (Å²) in [5.74, 6) is -0.587. The van der Waals surface area contributed by atoms with Gasteiger partial charge in [0.1, 0.15) is 6.04 Å². The molecule has 1 rings (SSSR count). The van der Waals surface area contributed by atoms with Crippen molar-refractivity contribution in [2.24, 2.45) is 5.73 Å². The monoisotopic (exact) mass is 260 g/mol. The van der Waals surface area contributed by atoms with Crippen molar-refractivity contribution in [2.45, 2.75) is 50.6 Å². The predicted molar refractivity (Wildman–Crippen MR) is 67.7 cm³/mol. The van der Waals surface area contributed by atoms with Gasteiger partial charge < -0.3 is 15.7 Å². The average molecular weight is 260 g/mol. The van der Waals surface area contributed by atoms with Crippen LogP contribution in [0.1, 0.15) is 33.1 Å². The lowest BCUT2D eigenvalue weighted by molar-refractivity contribution is -0.149. The molecule has 0 saturated carbocycles. The Balaban J connectivity index is 2.74. The maximum atomic E-state index is 12.1. The van der Waals surface area contributed by atoms with Crippen LogP contribution in [0.4, 0.5) is 0 Å². The molecule has 0 spiro atoms. The highest BCUT2D eigenvalue weighted by Gasteiger charge is 2.40. The standard InChI is InChI=1S/C11H20N2O3S/c1-3-7(12)5-9(14)13-8(11(15)16)6-17-10(13)4-2/h7-8,10H,3-6,12H2,1-2H3,(H,15,16). The molecule has 0 aromatic carbocycles. The smallest absolute Gasteiger partial charge is 0.327 e. The zero-order chi connectivity index (χ0) is 13.0. The van der Waals surface area contributed by atoms with E-state index in [1.54, 1.807) is 0 Å². The Hall–Kier alpha value is -0.750. The van der Waals surface area contributed by atoms with E-state index in [2.05, 4.69) is 0 Å². The van der Waals surface area contributed by atoms with Gasteiger partial charge >= 0.3 is 5.97 Å². The summed E-state index contributed by atoms with van der Waals surface area (Å²) in [5.41, 5.74) is 5.75. The summed E-state index contributed by atoms with van der Waals surface area (Å²) < 4.78 is 0. The maximum Gasteiger partial charge on any atom is 0.327 e. The minimum atomic E-state index is -0.924. The van der Waals surface area contributed by atoms with E-state index in [9.17, 15) is 9.59 Å². The van der Waals surface area contributed by atoms with Crippen LogP contribution in [-0.4, -0.2) is 45.1 Å². The SMILES string of the molecule is CCC(N)CC(=O)N1C(CC)SCC1C(=O)O. The molecule has 98 valence electrons. The van der Waals surface area contributed by atoms with E-state index in [-0.39, 0.29) is 23.7 Å². The summed E-state index contributed by atoms with van der Waals surface area (Å²) in [7, 11) is 0. The van der Waals surface area contributed by atoms with Crippen LogP contribution < -0.4 is 5.73 Å². The highest BCUT2D eigenvalue weighted by molar-refractivity contribution is 8.00. The zero-order valence-corrected chi connectivity index (χ0v) is 11.1. The summed E-state index contributed by atoms with van der Waals surface area (Å²) in [6.07, 6.45) is 1.72. The fourth-order valence-electron chi connectivity index (χ4n) is 1.88. The van der Waals surface area contributed by atoms with E-state index < -0.39 is 12.0 Å². The second-order valence-electron chi connectivity index (χ2n) is 4.22. The Bertz CT molecular complexity index is 298. The molecular weight excluding hydrogens is 240 g/mol. The predicted octanol–water partition coefficient (Wildman–Crippen LogP) is 0.878. The summed E-state index contributed by atoms with van der Waals surface area (Å²) >= 11 is 1.53. The third-order valence-electron chi connectivity index (χ3n) is 2.98. The summed E-state index contributed by atoms with van der Waals surface area (Å²) in [4.78, 5) is 24.7. The average Bonchev–Trinajstić information content (AvgIpc) is 2.72. The van der Waals surface area contributed by atoms with Crippen molar-refractivity contribution < 1.29 is 14.7 Å². The van der Waals surface area contributed by atoms with Crippen LogP contribution in [0.3, 0.4) is 0 Å². The molecule has 6 heteroatoms. The minimum absolute atomic E-state index is 0.0207. The molecule has 0 aliphatic carbocycles. The van der Waals surface area contributed by atoms with E-state index in [1.807, 2.05) is 13.8 Å². The zero-order valence-electron chi connectivity index (χ0n) is 10.3. The molecule has 3 atom stereocenters. The third kappa shape index (κ3) is 3.35. The van der Waals surface area contributed by atoms with Crippen molar-refractivity contribution in [3.63, 3.8) is 0 Å². The van der Waals surface area contributed by atoms with Gasteiger partial charge in [0.05, 0.1) is 5.37 Å². The Morgan fingerprint density at radius 3 is 2.65 bits per heavy atom. The normalized spacial score (nSPS) is 25.9. The summed E-state index contributed by atoms with van der Waals surface area (Å²) in [5, 5.41) is 9.08. The number of carboxylic acids is 1. The number of carbonyl (C=O) groups excluding carboxylic acids is 1. The van der Waals surface area contributed by atoms with E-state index in [1.165, 1.54) is 16.7 Å². The molecule has 1 aliphatic heterocycles. The quantitative estimate of drug-likeness (QED) is 0.766. The van der Waals surface area contributed by atoms with Gasteiger partial charge in [-0.2, -0.15) is 0 Å². The maximum absolute atomic E-state index is 12.1. The lowest BCUT2D eigenvalue weighted by Gasteiger charge is -2.27. The van der Waals surface area contributed by atoms with Crippen molar-refractivity contribution in [3.05, 3.63) is 0 Å². The summed E-state index contributed by atoms with van der Waals surface area (Å²) in [6.45, 7) is 3.88. The van der Waals surface area contributed by atoms with Gasteiger partial charge in [0.2, 0.25) is 5.91 Å². The number of nitrogens with zero attached hydrogens (tertiary/aromatic N) is 1. The van der Waals surface area contributed by atoms with E-state index in [0.29, 0.717) is 5.75 Å². The second kappa shape index (κ2) is 6.26. The highest BCUT2D eigenvalue weighted by Crippen LogP contribution is 2.32. The summed E-state index contributed by atoms with van der Waals surface area (Å²) in [6, 6.07) is -0.874. The van der Waals surface area contributed by atoms with Crippen molar-refractivity contribution >= 4 is 23.6 Å². The lowest BCUT2D eigenvalue weighted by Crippen LogP contribution is -2.47. The topological polar surface area (TPSA) is 83.6 Å². The number of hydrogen-bond donors (Lipinski definition) is 2. The third-order valence-corrected chi connectivity index (χ3v) is 4.43. The fraction of sp³-hybridized carbons (Fsp3) is 0.818. The van der Waals surface area contributed by atoms with Gasteiger partial charge in [-0.05, 0) is 12.8 Å². The van der Waals surface area contributed by atoms with Gasteiger partial charge in [-0.15, -0.1) is 11.8 Å². The molecule has 3 unspecified atom stereocenters. The molecule has 17 heavy (non-hydrogen) atoms. The first-order chi connectivity index (χ1) is 8.01. The Labute approximate surface area is 106 Å². The number of carbonyl (C=O) groups is 2. The molecule has 1 fully saturated rings. The Kier molecular flexibility index (Phi) is 5.27. The van der Waals surface area contributed by atoms with Gasteiger partial charge in [0.15, 0.2) is 0 Å². The van der Waals surface area contributed by atoms with Crippen molar-refractivity contribution in [3.8, 4) is 0 Å². The molecule has 0 bridgehead atoms. The molecule has 0 radical (unpaired) electrons. The van der Waals surface area contributed by atoms with Crippen LogP contribution in [0.5, 0.6) is 0 Å². The number of carboxylic acid groups (broad SMARTS) is 1. The fourth-order valence-corrected chi connectivity index (χ4v) is 3.25. The molecular formula is C11H20N2O3S. The molecule has 3 N–H and O–H groups in total. The molecule has 0 aromatic rings. The van der Waals surface area contributed by atoms with Crippen LogP contribution in [0.2, 0.25) is 0 Å². The van der Waals surface area contributed by atoms with Crippen LogP contribution in [-0.2, 0) is 9.59 Å². The molecule has 0 aromatic heterocycles. The number of hydrogen-bond acceptors (Lipinski definition) is 4. The van der Waals surface area contributed by atoms with Gasteiger partial charge in [-0.1, -0.05) is 13.8 Å². The number of rotatable bonds is 5. The largest absolute Gasteiger partial charge is 0.480 e. The van der Waals surface area contributed by atoms with Crippen molar-refractivity contribution in [1.82, 2.24) is 4.90 Å². The van der Waals surface area contributed by atoms with Crippen LogP contribution in [0, 0.1) is 0 Å².